The van der Waals surface area contributed by atoms with Gasteiger partial charge in [0, 0.05) is 0 Å². The molecule has 128 valence electrons. The van der Waals surface area contributed by atoms with Crippen molar-refractivity contribution in [3.8, 4) is 11.1 Å². The van der Waals surface area contributed by atoms with Gasteiger partial charge in [-0.2, -0.15) is 13.2 Å². The fraction of sp³-hybridized carbons (Fsp3) is 0.333. The minimum Gasteiger partial charge on any atom is -0.317 e. The average Bonchev–Trinajstić information content (AvgIpc) is 2.57. The maximum absolute atomic E-state index is 13.3. The van der Waals surface area contributed by atoms with Crippen molar-refractivity contribution >= 4 is 11.6 Å². The van der Waals surface area contributed by atoms with Crippen LogP contribution in [0.1, 0.15) is 29.9 Å². The van der Waals surface area contributed by atoms with E-state index in [1.165, 1.54) is 24.3 Å². The summed E-state index contributed by atoms with van der Waals surface area (Å²) in [6.07, 6.45) is -2.84. The molecule has 0 atom stereocenters. The van der Waals surface area contributed by atoms with Crippen LogP contribution in [0.25, 0.3) is 11.1 Å². The molecule has 1 nitrogen and oxygen atoms in total. The Bertz CT molecular complexity index is 736. The zero-order valence-electron chi connectivity index (χ0n) is 12.8. The molecule has 1 heterocycles. The summed E-state index contributed by atoms with van der Waals surface area (Å²) in [6, 6.07) is 8.05. The van der Waals surface area contributed by atoms with Crippen molar-refractivity contribution in [2.45, 2.75) is 24.9 Å². The maximum Gasteiger partial charge on any atom is 0.416 e. The first-order chi connectivity index (χ1) is 11.3. The fourth-order valence-electron chi connectivity index (χ4n) is 3.05. The Kier molecular flexibility index (Phi) is 4.83. The van der Waals surface area contributed by atoms with E-state index in [9.17, 15) is 17.6 Å². The van der Waals surface area contributed by atoms with Gasteiger partial charge < -0.3 is 5.32 Å². The van der Waals surface area contributed by atoms with Crippen LogP contribution in [0.15, 0.2) is 36.4 Å². The molecule has 1 N–H and O–H groups in total. The summed E-state index contributed by atoms with van der Waals surface area (Å²) in [7, 11) is 0. The lowest BCUT2D eigenvalue weighted by Gasteiger charge is -2.24. The molecule has 3 rings (SSSR count). The number of nitrogens with one attached hydrogen (secondary N) is 1. The van der Waals surface area contributed by atoms with Crippen molar-refractivity contribution in [3.63, 3.8) is 0 Å². The van der Waals surface area contributed by atoms with E-state index in [1.807, 2.05) is 0 Å². The normalized spacial score (nSPS) is 16.4. The number of piperidine rings is 1. The monoisotopic (exact) mass is 357 g/mol. The Hall–Kier alpha value is -1.59. The standard InChI is InChI=1S/C18H16ClF4N/c19-16-10-12(1-2-17(16)20)14-7-13(11-3-5-24-6-4-11)8-15(9-14)18(21,22)23/h1-2,7-11,24H,3-6H2. The van der Waals surface area contributed by atoms with Crippen LogP contribution in [0.2, 0.25) is 5.02 Å². The third kappa shape index (κ3) is 3.73. The summed E-state index contributed by atoms with van der Waals surface area (Å²) < 4.78 is 53.2. The topological polar surface area (TPSA) is 12.0 Å². The molecule has 0 bridgehead atoms. The Morgan fingerprint density at radius 2 is 1.67 bits per heavy atom. The molecule has 2 aromatic carbocycles. The van der Waals surface area contributed by atoms with E-state index >= 15 is 0 Å². The Morgan fingerprint density at radius 3 is 2.29 bits per heavy atom. The highest BCUT2D eigenvalue weighted by Crippen LogP contribution is 2.37. The number of benzene rings is 2. The van der Waals surface area contributed by atoms with Crippen molar-refractivity contribution in [1.29, 1.82) is 0 Å². The van der Waals surface area contributed by atoms with E-state index in [0.29, 0.717) is 16.7 Å². The van der Waals surface area contributed by atoms with Crippen LogP contribution in [-0.4, -0.2) is 13.1 Å². The zero-order chi connectivity index (χ0) is 17.3. The van der Waals surface area contributed by atoms with Gasteiger partial charge in [0.05, 0.1) is 10.6 Å². The van der Waals surface area contributed by atoms with Gasteiger partial charge >= 0.3 is 6.18 Å². The zero-order valence-corrected chi connectivity index (χ0v) is 13.5. The lowest BCUT2D eigenvalue weighted by Crippen LogP contribution is -2.26. The van der Waals surface area contributed by atoms with Crippen LogP contribution >= 0.6 is 11.6 Å². The van der Waals surface area contributed by atoms with Gasteiger partial charge in [0.2, 0.25) is 0 Å². The van der Waals surface area contributed by atoms with Crippen LogP contribution in [0.3, 0.4) is 0 Å². The number of rotatable bonds is 2. The molecule has 1 aliphatic rings. The van der Waals surface area contributed by atoms with Crippen molar-refractivity contribution in [2.75, 3.05) is 13.1 Å². The van der Waals surface area contributed by atoms with E-state index in [0.717, 1.165) is 32.0 Å². The second kappa shape index (κ2) is 6.73. The van der Waals surface area contributed by atoms with Crippen molar-refractivity contribution < 1.29 is 17.6 Å². The number of alkyl halides is 3. The second-order valence-corrected chi connectivity index (χ2v) is 6.40. The molecule has 0 aliphatic carbocycles. The minimum atomic E-state index is -4.43. The molecule has 1 fully saturated rings. The van der Waals surface area contributed by atoms with Gasteiger partial charge in [-0.1, -0.05) is 23.7 Å². The lowest BCUT2D eigenvalue weighted by atomic mass is 9.87. The summed E-state index contributed by atoms with van der Waals surface area (Å²) in [6.45, 7) is 1.58. The average molecular weight is 358 g/mol. The van der Waals surface area contributed by atoms with Gasteiger partial charge in [0.1, 0.15) is 5.82 Å². The number of hydrogen-bond donors (Lipinski definition) is 1. The first kappa shape index (κ1) is 17.2. The molecular formula is C18H16ClF4N. The van der Waals surface area contributed by atoms with E-state index in [2.05, 4.69) is 5.32 Å². The number of halogens is 5. The Labute approximate surface area is 142 Å². The molecule has 1 saturated heterocycles. The molecule has 24 heavy (non-hydrogen) atoms. The Morgan fingerprint density at radius 1 is 0.958 bits per heavy atom. The molecular weight excluding hydrogens is 342 g/mol. The predicted octanol–water partition coefficient (Wildman–Crippen LogP) is 5.63. The van der Waals surface area contributed by atoms with Gasteiger partial charge in [-0.15, -0.1) is 0 Å². The molecule has 0 saturated carbocycles. The largest absolute Gasteiger partial charge is 0.416 e. The predicted molar refractivity (Wildman–Crippen MR) is 86.7 cm³/mol. The summed E-state index contributed by atoms with van der Waals surface area (Å²) in [5.41, 5.74) is 0.860. The van der Waals surface area contributed by atoms with Crippen molar-refractivity contribution in [1.82, 2.24) is 5.32 Å². The Balaban J connectivity index is 2.08. The number of hydrogen-bond acceptors (Lipinski definition) is 1. The second-order valence-electron chi connectivity index (χ2n) is 5.99. The highest BCUT2D eigenvalue weighted by atomic mass is 35.5. The van der Waals surface area contributed by atoms with Crippen molar-refractivity contribution in [3.05, 3.63) is 58.4 Å². The SMILES string of the molecule is Fc1ccc(-c2cc(C3CCNCC3)cc(C(F)(F)F)c2)cc1Cl. The molecule has 0 spiro atoms. The quantitative estimate of drug-likeness (QED) is 0.687. The van der Waals surface area contributed by atoms with E-state index in [1.54, 1.807) is 6.07 Å². The maximum atomic E-state index is 13.3. The van der Waals surface area contributed by atoms with Crippen LogP contribution in [-0.2, 0) is 6.18 Å². The van der Waals surface area contributed by atoms with E-state index in [-0.39, 0.29) is 10.9 Å². The summed E-state index contributed by atoms with van der Waals surface area (Å²) in [5, 5.41) is 3.10. The van der Waals surface area contributed by atoms with Crippen LogP contribution in [0.4, 0.5) is 17.6 Å². The first-order valence-electron chi connectivity index (χ1n) is 7.73. The van der Waals surface area contributed by atoms with Crippen molar-refractivity contribution in [2.24, 2.45) is 0 Å². The molecule has 0 radical (unpaired) electrons. The van der Waals surface area contributed by atoms with Gasteiger partial charge in [0.25, 0.3) is 0 Å². The van der Waals surface area contributed by atoms with E-state index < -0.39 is 17.6 Å². The third-order valence-corrected chi connectivity index (χ3v) is 4.64. The summed E-state index contributed by atoms with van der Waals surface area (Å²) in [5.74, 6) is -0.505. The first-order valence-corrected chi connectivity index (χ1v) is 8.11. The van der Waals surface area contributed by atoms with Gasteiger partial charge in [0.15, 0.2) is 0 Å². The molecule has 1 aliphatic heterocycles. The fourth-order valence-corrected chi connectivity index (χ4v) is 3.23. The lowest BCUT2D eigenvalue weighted by molar-refractivity contribution is -0.137. The third-order valence-electron chi connectivity index (χ3n) is 4.35. The van der Waals surface area contributed by atoms with Crippen LogP contribution in [0.5, 0.6) is 0 Å². The van der Waals surface area contributed by atoms with Gasteiger partial charge in [-0.05, 0) is 72.8 Å². The van der Waals surface area contributed by atoms with Crippen LogP contribution in [0, 0.1) is 5.82 Å². The highest BCUT2D eigenvalue weighted by molar-refractivity contribution is 6.31. The molecule has 0 amide bonds. The summed E-state index contributed by atoms with van der Waals surface area (Å²) in [4.78, 5) is 0. The molecule has 6 heteroatoms. The highest BCUT2D eigenvalue weighted by Gasteiger charge is 2.32. The minimum absolute atomic E-state index is 0.0863. The van der Waals surface area contributed by atoms with E-state index in [4.69, 9.17) is 11.6 Å². The molecule has 0 unspecified atom stereocenters. The van der Waals surface area contributed by atoms with Crippen LogP contribution < -0.4 is 5.32 Å². The van der Waals surface area contributed by atoms with Gasteiger partial charge in [-0.3, -0.25) is 0 Å². The molecule has 2 aromatic rings. The molecule has 0 aromatic heterocycles. The van der Waals surface area contributed by atoms with Gasteiger partial charge in [-0.25, -0.2) is 4.39 Å². The summed E-state index contributed by atoms with van der Waals surface area (Å²) >= 11 is 5.78. The smallest absolute Gasteiger partial charge is 0.317 e.